The third-order valence-corrected chi connectivity index (χ3v) is 2.47. The van der Waals surface area contributed by atoms with Crippen LogP contribution < -0.4 is 9.99 Å². The summed E-state index contributed by atoms with van der Waals surface area (Å²) >= 11 is 0. The summed E-state index contributed by atoms with van der Waals surface area (Å²) in [4.78, 5) is 11.8. The van der Waals surface area contributed by atoms with Gasteiger partial charge in [-0.05, 0) is 24.3 Å². The molecule has 0 atom stereocenters. The normalized spacial score (nSPS) is 11.4. The van der Waals surface area contributed by atoms with E-state index in [-0.39, 0.29) is 5.56 Å². The van der Waals surface area contributed by atoms with Gasteiger partial charge in [0, 0.05) is 5.56 Å². The Balaban J connectivity index is 2.12. The summed E-state index contributed by atoms with van der Waals surface area (Å²) in [6.07, 6.45) is 0.542. The third kappa shape index (κ3) is 3.12. The number of nitrogens with zero attached hydrogens (tertiary/aromatic N) is 2. The van der Waals surface area contributed by atoms with Gasteiger partial charge in [0.2, 0.25) is 0 Å². The fraction of sp³-hybridized carbons (Fsp3) is 0.167. The van der Waals surface area contributed by atoms with Crippen molar-refractivity contribution in [2.24, 2.45) is 7.05 Å². The molecule has 0 aliphatic rings. The smallest absolute Gasteiger partial charge is 0.266 e. The topological polar surface area (TPSA) is 37.9 Å². The fourth-order valence-electron chi connectivity index (χ4n) is 1.51. The number of benzene rings is 1. The number of aromatic nitrogens is 2. The number of hydrogen-bond acceptors (Lipinski definition) is 1. The van der Waals surface area contributed by atoms with Gasteiger partial charge in [-0.15, -0.1) is 4.68 Å². The zero-order valence-electron chi connectivity index (χ0n) is 9.98. The van der Waals surface area contributed by atoms with E-state index in [0.29, 0.717) is 0 Å². The Morgan fingerprint density at radius 3 is 2.37 bits per heavy atom. The highest BCUT2D eigenvalue weighted by Gasteiger charge is 2.30. The standard InChI is InChI=1S/C12H10F3N3O/c1-17-6-7-18(8-17)16-11(19)9-2-4-10(5-3-9)12(13,14)15/h2-8H,1H3/p+1. The highest BCUT2D eigenvalue weighted by Crippen LogP contribution is 2.29. The molecule has 1 amide bonds. The first-order valence-electron chi connectivity index (χ1n) is 5.38. The number of aryl methyl sites for hydroxylation is 1. The van der Waals surface area contributed by atoms with Crippen molar-refractivity contribution in [2.45, 2.75) is 6.18 Å². The van der Waals surface area contributed by atoms with Gasteiger partial charge in [0.25, 0.3) is 12.2 Å². The second-order valence-corrected chi connectivity index (χ2v) is 4.00. The second kappa shape index (κ2) is 4.75. The van der Waals surface area contributed by atoms with E-state index in [1.165, 1.54) is 4.68 Å². The first-order valence-corrected chi connectivity index (χ1v) is 5.38. The molecule has 0 aliphatic carbocycles. The number of carbonyl (C=O) groups excluding carboxylic acids is 1. The lowest BCUT2D eigenvalue weighted by Gasteiger charge is -2.06. The molecule has 1 N–H and O–H groups in total. The summed E-state index contributed by atoms with van der Waals surface area (Å²) in [6, 6.07) is 4.04. The first kappa shape index (κ1) is 13.1. The molecule has 2 rings (SSSR count). The van der Waals surface area contributed by atoms with Gasteiger partial charge in [0.15, 0.2) is 6.20 Å². The SMILES string of the molecule is C[n+]1ccn(NC(=O)c2ccc(C(F)(F)F)cc2)c1. The minimum absolute atomic E-state index is 0.157. The monoisotopic (exact) mass is 270 g/mol. The number of alkyl halides is 3. The molecule has 1 aromatic heterocycles. The summed E-state index contributed by atoms with van der Waals surface area (Å²) in [6.45, 7) is 0. The zero-order chi connectivity index (χ0) is 14.0. The van der Waals surface area contributed by atoms with E-state index in [1.54, 1.807) is 30.3 Å². The van der Waals surface area contributed by atoms with Gasteiger partial charge >= 0.3 is 6.18 Å². The molecule has 4 nitrogen and oxygen atoms in total. The summed E-state index contributed by atoms with van der Waals surface area (Å²) in [5, 5.41) is 0. The molecule has 1 heterocycles. The lowest BCUT2D eigenvalue weighted by Crippen LogP contribution is -2.27. The van der Waals surface area contributed by atoms with Crippen LogP contribution in [0.2, 0.25) is 0 Å². The van der Waals surface area contributed by atoms with Gasteiger partial charge in [0.05, 0.1) is 12.6 Å². The number of amides is 1. The molecule has 19 heavy (non-hydrogen) atoms. The Kier molecular flexibility index (Phi) is 3.28. The average molecular weight is 270 g/mol. The minimum atomic E-state index is -4.40. The van der Waals surface area contributed by atoms with Crippen LogP contribution in [0.4, 0.5) is 13.2 Å². The molecule has 0 saturated heterocycles. The van der Waals surface area contributed by atoms with Crippen molar-refractivity contribution in [1.29, 1.82) is 0 Å². The van der Waals surface area contributed by atoms with Crippen LogP contribution in [-0.2, 0) is 13.2 Å². The van der Waals surface area contributed by atoms with Gasteiger partial charge < -0.3 is 0 Å². The van der Waals surface area contributed by atoms with E-state index in [1.807, 2.05) is 0 Å². The zero-order valence-corrected chi connectivity index (χ0v) is 9.98. The van der Waals surface area contributed by atoms with Crippen molar-refractivity contribution in [3.05, 3.63) is 54.1 Å². The van der Waals surface area contributed by atoms with Gasteiger partial charge in [-0.25, -0.2) is 4.57 Å². The lowest BCUT2D eigenvalue weighted by atomic mass is 10.1. The van der Waals surface area contributed by atoms with Crippen LogP contribution in [-0.4, -0.2) is 10.6 Å². The van der Waals surface area contributed by atoms with Crippen molar-refractivity contribution >= 4 is 5.91 Å². The van der Waals surface area contributed by atoms with Crippen molar-refractivity contribution in [3.8, 4) is 0 Å². The van der Waals surface area contributed by atoms with Crippen molar-refractivity contribution in [3.63, 3.8) is 0 Å². The molecule has 0 fully saturated rings. The second-order valence-electron chi connectivity index (χ2n) is 4.00. The van der Waals surface area contributed by atoms with Gasteiger partial charge in [-0.1, -0.05) is 0 Å². The Hall–Kier alpha value is -2.31. The number of rotatable bonds is 2. The highest BCUT2D eigenvalue weighted by molar-refractivity contribution is 5.99. The molecule has 2 aromatic rings. The van der Waals surface area contributed by atoms with E-state index in [9.17, 15) is 18.0 Å². The summed E-state index contributed by atoms with van der Waals surface area (Å²) in [7, 11) is 1.78. The largest absolute Gasteiger partial charge is 0.416 e. The van der Waals surface area contributed by atoms with Crippen LogP contribution in [0.3, 0.4) is 0 Å². The van der Waals surface area contributed by atoms with Gasteiger partial charge in [0.1, 0.15) is 6.20 Å². The number of hydrogen-bond donors (Lipinski definition) is 1. The summed E-state index contributed by atoms with van der Waals surface area (Å²) < 4.78 is 40.2. The molecule has 0 unspecified atom stereocenters. The lowest BCUT2D eigenvalue weighted by molar-refractivity contribution is -0.670. The maximum absolute atomic E-state index is 12.4. The van der Waals surface area contributed by atoms with Crippen LogP contribution >= 0.6 is 0 Å². The first-order chi connectivity index (χ1) is 8.86. The molecule has 0 spiro atoms. The van der Waals surface area contributed by atoms with Gasteiger partial charge in [-0.2, -0.15) is 18.6 Å². The van der Waals surface area contributed by atoms with Crippen molar-refractivity contribution in [2.75, 3.05) is 5.43 Å². The molecule has 1 aromatic carbocycles. The average Bonchev–Trinajstić information content (AvgIpc) is 2.74. The van der Waals surface area contributed by atoms with E-state index in [0.717, 1.165) is 24.3 Å². The number of nitrogens with one attached hydrogen (secondary N) is 1. The molecule has 0 aliphatic heterocycles. The van der Waals surface area contributed by atoms with Crippen LogP contribution in [0.5, 0.6) is 0 Å². The quantitative estimate of drug-likeness (QED) is 0.829. The molecule has 7 heteroatoms. The fourth-order valence-corrected chi connectivity index (χ4v) is 1.51. The molecular weight excluding hydrogens is 259 g/mol. The van der Waals surface area contributed by atoms with Crippen molar-refractivity contribution < 1.29 is 22.5 Å². The minimum Gasteiger partial charge on any atom is -0.266 e. The van der Waals surface area contributed by atoms with E-state index in [2.05, 4.69) is 5.43 Å². The maximum atomic E-state index is 12.4. The molecular formula is C12H11F3N3O+. The molecule has 0 saturated carbocycles. The Morgan fingerprint density at radius 2 is 1.89 bits per heavy atom. The predicted octanol–water partition coefficient (Wildman–Crippen LogP) is 1.72. The van der Waals surface area contributed by atoms with Crippen LogP contribution in [0.1, 0.15) is 15.9 Å². The van der Waals surface area contributed by atoms with E-state index in [4.69, 9.17) is 0 Å². The number of halogens is 3. The summed E-state index contributed by atoms with van der Waals surface area (Å²) in [5.74, 6) is -0.482. The van der Waals surface area contributed by atoms with Crippen LogP contribution in [0.15, 0.2) is 43.0 Å². The number of imidazole rings is 1. The van der Waals surface area contributed by atoms with Crippen LogP contribution in [0, 0.1) is 0 Å². The Bertz CT molecular complexity index is 587. The highest BCUT2D eigenvalue weighted by atomic mass is 19.4. The Morgan fingerprint density at radius 1 is 1.26 bits per heavy atom. The molecule has 0 bridgehead atoms. The van der Waals surface area contributed by atoms with Crippen molar-refractivity contribution in [1.82, 2.24) is 4.68 Å². The maximum Gasteiger partial charge on any atom is 0.416 e. The van der Waals surface area contributed by atoms with E-state index < -0.39 is 17.6 Å². The van der Waals surface area contributed by atoms with E-state index >= 15 is 0 Å². The Labute approximate surface area is 107 Å². The summed E-state index contributed by atoms with van der Waals surface area (Å²) in [5.41, 5.74) is 1.89. The predicted molar refractivity (Wildman–Crippen MR) is 60.7 cm³/mol. The molecule has 0 radical (unpaired) electrons. The van der Waals surface area contributed by atoms with Crippen LogP contribution in [0.25, 0.3) is 0 Å². The number of carbonyl (C=O) groups is 1. The molecule has 100 valence electrons. The van der Waals surface area contributed by atoms with Gasteiger partial charge in [-0.3, -0.25) is 4.79 Å². The third-order valence-electron chi connectivity index (χ3n) is 2.47.